The Bertz CT molecular complexity index is 1180. The van der Waals surface area contributed by atoms with Crippen LogP contribution >= 0.6 is 0 Å². The zero-order valence-electron chi connectivity index (χ0n) is 16.4. The van der Waals surface area contributed by atoms with Crippen LogP contribution in [-0.2, 0) is 6.61 Å². The lowest BCUT2D eigenvalue weighted by molar-refractivity contribution is 0.306. The topological polar surface area (TPSA) is 34.0 Å². The fraction of sp³-hybridized carbons (Fsp3) is 0.0370. The van der Waals surface area contributed by atoms with Gasteiger partial charge in [-0.2, -0.15) is 5.10 Å². The highest BCUT2D eigenvalue weighted by molar-refractivity contribution is 6.24. The minimum absolute atomic E-state index is 0.556. The third-order valence-corrected chi connectivity index (χ3v) is 5.15. The summed E-state index contributed by atoms with van der Waals surface area (Å²) in [5.41, 5.74) is 7.72. The largest absolute Gasteiger partial charge is 0.489 e. The average molecular weight is 388 g/mol. The summed E-state index contributed by atoms with van der Waals surface area (Å²) in [5.74, 6) is 0.834. The molecular weight excluding hydrogens is 368 g/mol. The van der Waals surface area contributed by atoms with Crippen molar-refractivity contribution in [3.63, 3.8) is 0 Å². The van der Waals surface area contributed by atoms with Crippen LogP contribution in [0.15, 0.2) is 113 Å². The van der Waals surface area contributed by atoms with Crippen molar-refractivity contribution in [2.24, 2.45) is 10.2 Å². The molecule has 0 amide bonds. The molecule has 1 aliphatic carbocycles. The van der Waals surface area contributed by atoms with Crippen molar-refractivity contribution in [1.82, 2.24) is 0 Å². The summed E-state index contributed by atoms with van der Waals surface area (Å²) in [4.78, 5) is 0. The lowest BCUT2D eigenvalue weighted by Crippen LogP contribution is -1.97. The van der Waals surface area contributed by atoms with E-state index in [2.05, 4.69) is 58.7 Å². The second-order valence-electron chi connectivity index (χ2n) is 7.13. The van der Waals surface area contributed by atoms with Crippen LogP contribution in [0.25, 0.3) is 11.1 Å². The first-order chi connectivity index (χ1) is 14.9. The molecule has 0 bridgehead atoms. The van der Waals surface area contributed by atoms with Crippen molar-refractivity contribution in [3.05, 3.63) is 125 Å². The predicted molar refractivity (Wildman–Crippen MR) is 122 cm³/mol. The molecule has 1 aliphatic rings. The van der Waals surface area contributed by atoms with Crippen LogP contribution in [0, 0.1) is 0 Å². The van der Waals surface area contributed by atoms with E-state index in [-0.39, 0.29) is 0 Å². The van der Waals surface area contributed by atoms with Crippen molar-refractivity contribution >= 4 is 11.9 Å². The van der Waals surface area contributed by atoms with Gasteiger partial charge in [-0.1, -0.05) is 78.9 Å². The zero-order chi connectivity index (χ0) is 20.2. The Kier molecular flexibility index (Phi) is 4.93. The molecule has 144 valence electrons. The van der Waals surface area contributed by atoms with Gasteiger partial charge >= 0.3 is 0 Å². The first kappa shape index (κ1) is 18.1. The Hall–Kier alpha value is -3.98. The first-order valence-corrected chi connectivity index (χ1v) is 9.95. The molecule has 5 rings (SSSR count). The number of fused-ring (bicyclic) bond motifs is 3. The summed E-state index contributed by atoms with van der Waals surface area (Å²) >= 11 is 0. The van der Waals surface area contributed by atoms with E-state index in [0.29, 0.717) is 6.61 Å². The Morgan fingerprint density at radius 1 is 0.600 bits per heavy atom. The van der Waals surface area contributed by atoms with Crippen LogP contribution in [0.5, 0.6) is 5.75 Å². The fourth-order valence-electron chi connectivity index (χ4n) is 3.65. The molecule has 3 heteroatoms. The van der Waals surface area contributed by atoms with Gasteiger partial charge in [0, 0.05) is 11.1 Å². The molecule has 0 aromatic heterocycles. The Labute approximate surface area is 176 Å². The highest BCUT2D eigenvalue weighted by atomic mass is 16.5. The van der Waals surface area contributed by atoms with Crippen molar-refractivity contribution in [2.45, 2.75) is 6.61 Å². The van der Waals surface area contributed by atoms with Crippen LogP contribution in [0.3, 0.4) is 0 Å². The number of rotatable bonds is 5. The third-order valence-electron chi connectivity index (χ3n) is 5.15. The van der Waals surface area contributed by atoms with E-state index in [1.807, 2.05) is 54.6 Å². The molecule has 0 atom stereocenters. The van der Waals surface area contributed by atoms with Gasteiger partial charge in [0.25, 0.3) is 0 Å². The van der Waals surface area contributed by atoms with Crippen LogP contribution < -0.4 is 4.74 Å². The van der Waals surface area contributed by atoms with Crippen molar-refractivity contribution in [3.8, 4) is 16.9 Å². The highest BCUT2D eigenvalue weighted by Gasteiger charge is 2.23. The second-order valence-corrected chi connectivity index (χ2v) is 7.13. The second kappa shape index (κ2) is 8.18. The zero-order valence-corrected chi connectivity index (χ0v) is 16.4. The SMILES string of the molecule is C(=NN=C1c2ccccc2-c2ccccc21)c1ccc(OCc2ccccc2)cc1. The van der Waals surface area contributed by atoms with Gasteiger partial charge in [0.05, 0.1) is 6.21 Å². The molecule has 0 N–H and O–H groups in total. The number of nitrogens with zero attached hydrogens (tertiary/aromatic N) is 2. The average Bonchev–Trinajstić information content (AvgIpc) is 3.13. The van der Waals surface area contributed by atoms with Crippen LogP contribution in [0.1, 0.15) is 22.3 Å². The summed E-state index contributed by atoms with van der Waals surface area (Å²) in [7, 11) is 0. The summed E-state index contributed by atoms with van der Waals surface area (Å²) in [6.07, 6.45) is 1.78. The Balaban J connectivity index is 1.32. The fourth-order valence-corrected chi connectivity index (χ4v) is 3.65. The number of hydrogen-bond donors (Lipinski definition) is 0. The van der Waals surface area contributed by atoms with Crippen LogP contribution in [0.2, 0.25) is 0 Å². The smallest absolute Gasteiger partial charge is 0.119 e. The summed E-state index contributed by atoms with van der Waals surface area (Å²) in [6.45, 7) is 0.556. The van der Waals surface area contributed by atoms with Crippen LogP contribution in [-0.4, -0.2) is 11.9 Å². The molecule has 0 heterocycles. The maximum absolute atomic E-state index is 5.84. The summed E-state index contributed by atoms with van der Waals surface area (Å²) in [6, 6.07) is 34.7. The van der Waals surface area contributed by atoms with E-state index in [1.54, 1.807) is 6.21 Å². The van der Waals surface area contributed by atoms with Gasteiger partial charge in [-0.25, -0.2) is 0 Å². The van der Waals surface area contributed by atoms with Gasteiger partial charge in [-0.05, 0) is 46.5 Å². The molecular formula is C27H20N2O. The van der Waals surface area contributed by atoms with Gasteiger partial charge in [0.1, 0.15) is 18.1 Å². The lowest BCUT2D eigenvalue weighted by Gasteiger charge is -2.06. The van der Waals surface area contributed by atoms with E-state index < -0.39 is 0 Å². The molecule has 30 heavy (non-hydrogen) atoms. The quantitative estimate of drug-likeness (QED) is 0.264. The first-order valence-electron chi connectivity index (χ1n) is 9.95. The van der Waals surface area contributed by atoms with Crippen LogP contribution in [0.4, 0.5) is 0 Å². The lowest BCUT2D eigenvalue weighted by atomic mass is 10.1. The molecule has 3 nitrogen and oxygen atoms in total. The van der Waals surface area contributed by atoms with Gasteiger partial charge in [-0.3, -0.25) is 0 Å². The van der Waals surface area contributed by atoms with E-state index >= 15 is 0 Å². The maximum atomic E-state index is 5.84. The molecule has 0 saturated heterocycles. The van der Waals surface area contributed by atoms with Crippen molar-refractivity contribution in [2.75, 3.05) is 0 Å². The molecule has 0 aliphatic heterocycles. The van der Waals surface area contributed by atoms with E-state index in [9.17, 15) is 0 Å². The van der Waals surface area contributed by atoms with Gasteiger partial charge < -0.3 is 4.74 Å². The number of benzene rings is 4. The van der Waals surface area contributed by atoms with E-state index in [0.717, 1.165) is 33.7 Å². The third kappa shape index (κ3) is 3.65. The molecule has 0 saturated carbocycles. The highest BCUT2D eigenvalue weighted by Crippen LogP contribution is 2.36. The van der Waals surface area contributed by atoms with Crippen molar-refractivity contribution in [1.29, 1.82) is 0 Å². The summed E-state index contributed by atoms with van der Waals surface area (Å²) < 4.78 is 5.84. The Morgan fingerprint density at radius 2 is 1.17 bits per heavy atom. The van der Waals surface area contributed by atoms with Crippen molar-refractivity contribution < 1.29 is 4.74 Å². The van der Waals surface area contributed by atoms with Gasteiger partial charge in [-0.15, -0.1) is 5.10 Å². The molecule has 0 unspecified atom stereocenters. The maximum Gasteiger partial charge on any atom is 0.119 e. The number of hydrogen-bond acceptors (Lipinski definition) is 3. The van der Waals surface area contributed by atoms with Gasteiger partial charge in [0.15, 0.2) is 0 Å². The predicted octanol–water partition coefficient (Wildman–Crippen LogP) is 6.12. The molecule has 0 radical (unpaired) electrons. The number of ether oxygens (including phenoxy) is 1. The minimum Gasteiger partial charge on any atom is -0.489 e. The minimum atomic E-state index is 0.556. The van der Waals surface area contributed by atoms with E-state index in [4.69, 9.17) is 4.74 Å². The summed E-state index contributed by atoms with van der Waals surface area (Å²) in [5, 5.41) is 8.92. The molecule has 0 spiro atoms. The monoisotopic (exact) mass is 388 g/mol. The standard InChI is InChI=1S/C27H20N2O/c1-2-8-21(9-3-1)19-30-22-16-14-20(15-17-22)18-28-29-27-25-12-6-4-10-23(25)24-11-5-7-13-26(24)27/h1-18H,19H2. The van der Waals surface area contributed by atoms with E-state index in [1.165, 1.54) is 11.1 Å². The normalized spacial score (nSPS) is 11.9. The molecule has 4 aromatic carbocycles. The molecule has 4 aromatic rings. The molecule has 0 fully saturated rings. The Morgan fingerprint density at radius 3 is 1.80 bits per heavy atom. The van der Waals surface area contributed by atoms with Gasteiger partial charge in [0.2, 0.25) is 0 Å².